The summed E-state index contributed by atoms with van der Waals surface area (Å²) in [5.74, 6) is 4.14. The Morgan fingerprint density at radius 3 is 2.71 bits per heavy atom. The van der Waals surface area contributed by atoms with Gasteiger partial charge in [-0.05, 0) is 18.2 Å². The molecule has 9 nitrogen and oxygen atoms in total. The Morgan fingerprint density at radius 2 is 2.10 bits per heavy atom. The number of hydrogen-bond donors (Lipinski definition) is 3. The largest absolute Gasteiger partial charge is 0.354 e. The third-order valence-electron chi connectivity index (χ3n) is 2.49. The molecule has 106 valence electrons. The minimum Gasteiger partial charge on any atom is -0.334 e. The molecule has 0 fully saturated rings. The lowest BCUT2D eigenvalue weighted by atomic mass is 10.2. The molecule has 4 N–H and O–H groups in total. The van der Waals surface area contributed by atoms with Gasteiger partial charge in [0.25, 0.3) is 0 Å². The van der Waals surface area contributed by atoms with Crippen molar-refractivity contribution in [3.63, 3.8) is 0 Å². The van der Waals surface area contributed by atoms with Crippen molar-refractivity contribution in [2.45, 2.75) is 0 Å². The van der Waals surface area contributed by atoms with E-state index in [1.165, 1.54) is 12.1 Å². The number of halogens is 1. The lowest BCUT2D eigenvalue weighted by Gasteiger charge is -2.08. The van der Waals surface area contributed by atoms with Gasteiger partial charge in [-0.25, -0.2) is 20.2 Å². The molecule has 1 aromatic heterocycles. The van der Waals surface area contributed by atoms with Crippen LogP contribution in [0.5, 0.6) is 0 Å². The minimum absolute atomic E-state index is 0.140. The average Bonchev–Trinajstić information content (AvgIpc) is 2.48. The van der Waals surface area contributed by atoms with E-state index in [-0.39, 0.29) is 22.9 Å². The molecule has 0 aliphatic rings. The van der Waals surface area contributed by atoms with E-state index >= 15 is 0 Å². The number of nitrogen functional groups attached to an aromatic ring is 1. The number of hydrogen-bond acceptors (Lipinski definition) is 8. The van der Waals surface area contributed by atoms with Crippen LogP contribution >= 0.6 is 0 Å². The molecule has 0 saturated carbocycles. The van der Waals surface area contributed by atoms with Gasteiger partial charge in [-0.3, -0.25) is 10.1 Å². The normalized spacial score (nSPS) is 9.76. The van der Waals surface area contributed by atoms with Crippen molar-refractivity contribution < 1.29 is 9.31 Å². The Hall–Kier alpha value is -3.32. The Kier molecular flexibility index (Phi) is 3.87. The maximum atomic E-state index is 13.2. The number of nitro groups is 1. The predicted octanol–water partition coefficient (Wildman–Crippen LogP) is 1.42. The van der Waals surface area contributed by atoms with Crippen molar-refractivity contribution in [2.24, 2.45) is 5.84 Å². The Labute approximate surface area is 117 Å². The monoisotopic (exact) mass is 289 g/mol. The predicted molar refractivity (Wildman–Crippen MR) is 70.9 cm³/mol. The molecule has 0 bridgehead atoms. The molecule has 1 aromatic carbocycles. The van der Waals surface area contributed by atoms with E-state index in [0.29, 0.717) is 0 Å². The lowest BCUT2D eigenvalue weighted by molar-refractivity contribution is -0.383. The van der Waals surface area contributed by atoms with E-state index in [2.05, 4.69) is 20.7 Å². The van der Waals surface area contributed by atoms with Crippen LogP contribution in [0, 0.1) is 27.3 Å². The second-order valence-corrected chi connectivity index (χ2v) is 3.75. The van der Waals surface area contributed by atoms with E-state index in [1.807, 2.05) is 0 Å². The van der Waals surface area contributed by atoms with Gasteiger partial charge in [-0.2, -0.15) is 5.26 Å². The first-order valence-electron chi connectivity index (χ1n) is 5.49. The Morgan fingerprint density at radius 1 is 1.38 bits per heavy atom. The van der Waals surface area contributed by atoms with Crippen LogP contribution in [0.1, 0.15) is 5.56 Å². The van der Waals surface area contributed by atoms with Crippen LogP contribution < -0.4 is 16.6 Å². The van der Waals surface area contributed by atoms with Gasteiger partial charge in [0.15, 0.2) is 0 Å². The van der Waals surface area contributed by atoms with Crippen LogP contribution in [0.4, 0.5) is 27.4 Å². The molecule has 0 atom stereocenters. The number of hydrazine groups is 1. The summed E-state index contributed by atoms with van der Waals surface area (Å²) >= 11 is 0. The zero-order valence-electron chi connectivity index (χ0n) is 10.4. The van der Waals surface area contributed by atoms with Crippen molar-refractivity contribution in [2.75, 3.05) is 10.7 Å². The van der Waals surface area contributed by atoms with Crippen LogP contribution in [-0.2, 0) is 0 Å². The van der Waals surface area contributed by atoms with Crippen LogP contribution in [0.25, 0.3) is 0 Å². The average molecular weight is 289 g/mol. The highest BCUT2D eigenvalue weighted by Gasteiger charge is 2.22. The molecule has 2 aromatic rings. The standard InChI is InChI=1S/C11H8FN7O2/c12-8-2-1-7(3-6(8)4-13)17-10-9(19(20)21)11(18-14)16-5-15-10/h1-3,5H,14H2,(H2,15,16,17,18). The van der Waals surface area contributed by atoms with E-state index in [1.54, 1.807) is 6.07 Å². The van der Waals surface area contributed by atoms with Crippen molar-refractivity contribution in [1.82, 2.24) is 9.97 Å². The van der Waals surface area contributed by atoms with Crippen molar-refractivity contribution in [1.29, 1.82) is 5.26 Å². The summed E-state index contributed by atoms with van der Waals surface area (Å²) in [7, 11) is 0. The molecule has 1 heterocycles. The Balaban J connectivity index is 2.45. The topological polar surface area (TPSA) is 143 Å². The van der Waals surface area contributed by atoms with Gasteiger partial charge in [-0.1, -0.05) is 0 Å². The van der Waals surface area contributed by atoms with E-state index in [4.69, 9.17) is 11.1 Å². The van der Waals surface area contributed by atoms with Gasteiger partial charge >= 0.3 is 5.69 Å². The molecule has 0 aliphatic heterocycles. The number of anilines is 3. The summed E-state index contributed by atoms with van der Waals surface area (Å²) in [5.41, 5.74) is 1.68. The van der Waals surface area contributed by atoms with Crippen LogP contribution in [-0.4, -0.2) is 14.9 Å². The zero-order chi connectivity index (χ0) is 15.4. The van der Waals surface area contributed by atoms with Crippen LogP contribution in [0.15, 0.2) is 24.5 Å². The number of nitrogens with one attached hydrogen (secondary N) is 2. The zero-order valence-corrected chi connectivity index (χ0v) is 10.4. The first-order chi connectivity index (χ1) is 10.1. The fourth-order valence-electron chi connectivity index (χ4n) is 1.57. The lowest BCUT2D eigenvalue weighted by Crippen LogP contribution is -2.12. The number of nitrogens with zero attached hydrogens (tertiary/aromatic N) is 4. The fraction of sp³-hybridized carbons (Fsp3) is 0. The van der Waals surface area contributed by atoms with Gasteiger partial charge in [0.2, 0.25) is 11.6 Å². The van der Waals surface area contributed by atoms with E-state index in [0.717, 1.165) is 12.4 Å². The maximum Gasteiger partial charge on any atom is 0.354 e. The molecule has 0 radical (unpaired) electrons. The molecule has 21 heavy (non-hydrogen) atoms. The summed E-state index contributed by atoms with van der Waals surface area (Å²) in [6, 6.07) is 5.25. The molecule has 10 heteroatoms. The van der Waals surface area contributed by atoms with Crippen LogP contribution in [0.2, 0.25) is 0 Å². The molecule has 0 aliphatic carbocycles. The molecular weight excluding hydrogens is 281 g/mol. The third-order valence-corrected chi connectivity index (χ3v) is 2.49. The summed E-state index contributed by atoms with van der Waals surface area (Å²) in [6.45, 7) is 0. The van der Waals surface area contributed by atoms with Crippen molar-refractivity contribution in [3.8, 4) is 6.07 Å². The highest BCUT2D eigenvalue weighted by molar-refractivity contribution is 5.73. The third kappa shape index (κ3) is 2.82. The first kappa shape index (κ1) is 14.1. The highest BCUT2D eigenvalue weighted by atomic mass is 19.1. The molecule has 0 amide bonds. The summed E-state index contributed by atoms with van der Waals surface area (Å²) in [6.07, 6.45) is 1.07. The van der Waals surface area contributed by atoms with Crippen molar-refractivity contribution in [3.05, 3.63) is 46.0 Å². The van der Waals surface area contributed by atoms with Crippen LogP contribution in [0.3, 0.4) is 0 Å². The van der Waals surface area contributed by atoms with Gasteiger partial charge in [-0.15, -0.1) is 0 Å². The number of rotatable bonds is 4. The van der Waals surface area contributed by atoms with Gasteiger partial charge in [0, 0.05) is 5.69 Å². The summed E-state index contributed by atoms with van der Waals surface area (Å²) < 4.78 is 13.2. The first-order valence-corrected chi connectivity index (χ1v) is 5.49. The Bertz CT molecular complexity index is 744. The molecule has 0 unspecified atom stereocenters. The highest BCUT2D eigenvalue weighted by Crippen LogP contribution is 2.30. The minimum atomic E-state index is -0.716. The fourth-order valence-corrected chi connectivity index (χ4v) is 1.57. The smallest absolute Gasteiger partial charge is 0.334 e. The molecule has 2 rings (SSSR count). The van der Waals surface area contributed by atoms with Crippen molar-refractivity contribution >= 4 is 23.0 Å². The van der Waals surface area contributed by atoms with E-state index in [9.17, 15) is 14.5 Å². The molecular formula is C11H8FN7O2. The quantitative estimate of drug-likeness (QED) is 0.435. The maximum absolute atomic E-state index is 13.2. The summed E-state index contributed by atoms with van der Waals surface area (Å²) in [5, 5.41) is 22.4. The number of benzene rings is 1. The van der Waals surface area contributed by atoms with Gasteiger partial charge in [0.1, 0.15) is 18.2 Å². The molecule has 0 spiro atoms. The SMILES string of the molecule is N#Cc1cc(Nc2ncnc(NN)c2[N+](=O)[O-])ccc1F. The molecule has 0 saturated heterocycles. The second kappa shape index (κ2) is 5.76. The van der Waals surface area contributed by atoms with Gasteiger partial charge < -0.3 is 10.7 Å². The van der Waals surface area contributed by atoms with Gasteiger partial charge in [0.05, 0.1) is 10.5 Å². The van der Waals surface area contributed by atoms with E-state index < -0.39 is 16.4 Å². The second-order valence-electron chi connectivity index (χ2n) is 3.75. The number of aromatic nitrogens is 2. The number of nitrogens with two attached hydrogens (primary N) is 1. The number of nitriles is 1. The summed E-state index contributed by atoms with van der Waals surface area (Å²) in [4.78, 5) is 17.7.